The van der Waals surface area contributed by atoms with Crippen molar-refractivity contribution in [2.45, 2.75) is 25.8 Å². The number of rotatable bonds is 6. The maximum absolute atomic E-state index is 6.06. The van der Waals surface area contributed by atoms with Crippen molar-refractivity contribution in [3.63, 3.8) is 0 Å². The zero-order valence-corrected chi connectivity index (χ0v) is 12.6. The Morgan fingerprint density at radius 2 is 2.05 bits per heavy atom. The van der Waals surface area contributed by atoms with Crippen LogP contribution in [0.1, 0.15) is 19.3 Å². The van der Waals surface area contributed by atoms with Crippen LogP contribution in [-0.2, 0) is 11.3 Å². The van der Waals surface area contributed by atoms with Crippen LogP contribution in [-0.4, -0.2) is 22.8 Å². The number of ether oxygens (including phenoxy) is 1. The molecule has 0 aliphatic heterocycles. The topological polar surface area (TPSA) is 53.1 Å². The number of imidazole rings is 1. The quantitative estimate of drug-likeness (QED) is 0.826. The summed E-state index contributed by atoms with van der Waals surface area (Å²) < 4.78 is 7.59. The van der Waals surface area contributed by atoms with Crippen molar-refractivity contribution in [2.24, 2.45) is 5.92 Å². The van der Waals surface area contributed by atoms with Crippen molar-refractivity contribution in [3.8, 4) is 0 Å². The molecular weight excluding hydrogens is 297 g/mol. The SMILES string of the molecule is Nc1nc2cc(Cl)c(Cl)cc2n1CCCOCC1CC1. The van der Waals surface area contributed by atoms with E-state index in [-0.39, 0.29) is 0 Å². The second-order valence-corrected chi connectivity index (χ2v) is 6.06. The highest BCUT2D eigenvalue weighted by molar-refractivity contribution is 6.42. The molecule has 1 heterocycles. The fourth-order valence-corrected chi connectivity index (χ4v) is 2.55. The van der Waals surface area contributed by atoms with Gasteiger partial charge in [-0.3, -0.25) is 0 Å². The Labute approximate surface area is 127 Å². The minimum Gasteiger partial charge on any atom is -0.381 e. The number of halogens is 2. The molecule has 1 saturated carbocycles. The molecule has 1 aliphatic carbocycles. The van der Waals surface area contributed by atoms with Crippen molar-refractivity contribution in [2.75, 3.05) is 18.9 Å². The largest absolute Gasteiger partial charge is 0.381 e. The number of benzene rings is 1. The first-order valence-electron chi connectivity index (χ1n) is 6.83. The number of hydrogen-bond donors (Lipinski definition) is 1. The van der Waals surface area contributed by atoms with Crippen molar-refractivity contribution in [1.29, 1.82) is 0 Å². The fourth-order valence-electron chi connectivity index (χ4n) is 2.23. The Morgan fingerprint density at radius 3 is 2.80 bits per heavy atom. The number of nitrogens with zero attached hydrogens (tertiary/aromatic N) is 2. The molecule has 1 aromatic heterocycles. The van der Waals surface area contributed by atoms with E-state index in [4.69, 9.17) is 33.7 Å². The highest BCUT2D eigenvalue weighted by Gasteiger charge is 2.20. The lowest BCUT2D eigenvalue weighted by Gasteiger charge is -2.07. The van der Waals surface area contributed by atoms with Crippen LogP contribution >= 0.6 is 23.2 Å². The van der Waals surface area contributed by atoms with Gasteiger partial charge in [-0.25, -0.2) is 4.98 Å². The van der Waals surface area contributed by atoms with Gasteiger partial charge in [0.1, 0.15) is 0 Å². The van der Waals surface area contributed by atoms with Gasteiger partial charge in [0, 0.05) is 19.8 Å². The molecule has 20 heavy (non-hydrogen) atoms. The summed E-state index contributed by atoms with van der Waals surface area (Å²) in [5, 5.41) is 1.02. The Kier molecular flexibility index (Phi) is 4.06. The van der Waals surface area contributed by atoms with Gasteiger partial charge in [0.05, 0.1) is 21.1 Å². The van der Waals surface area contributed by atoms with E-state index in [2.05, 4.69) is 4.98 Å². The number of fused-ring (bicyclic) bond motifs is 1. The first-order valence-corrected chi connectivity index (χ1v) is 7.59. The Bertz CT molecular complexity index is 622. The second kappa shape index (κ2) is 5.80. The summed E-state index contributed by atoms with van der Waals surface area (Å²) in [6, 6.07) is 3.56. The standard InChI is InChI=1S/C14H17Cl2N3O/c15-10-6-12-13(7-11(10)16)19(14(17)18-12)4-1-5-20-8-9-2-3-9/h6-7,9H,1-5,8H2,(H2,17,18). The molecule has 2 N–H and O–H groups in total. The molecule has 1 aliphatic rings. The number of nitrogen functional groups attached to an aromatic ring is 1. The van der Waals surface area contributed by atoms with Gasteiger partial charge < -0.3 is 15.0 Å². The lowest BCUT2D eigenvalue weighted by atomic mass is 10.3. The molecule has 108 valence electrons. The van der Waals surface area contributed by atoms with E-state index in [0.29, 0.717) is 16.0 Å². The van der Waals surface area contributed by atoms with Crippen LogP contribution in [0.2, 0.25) is 10.0 Å². The Balaban J connectivity index is 1.66. The second-order valence-electron chi connectivity index (χ2n) is 5.25. The number of aromatic nitrogens is 2. The third kappa shape index (κ3) is 3.03. The average molecular weight is 314 g/mol. The molecule has 0 radical (unpaired) electrons. The highest BCUT2D eigenvalue weighted by Crippen LogP contribution is 2.30. The van der Waals surface area contributed by atoms with Crippen LogP contribution in [0, 0.1) is 5.92 Å². The minimum atomic E-state index is 0.487. The molecule has 4 nitrogen and oxygen atoms in total. The fraction of sp³-hybridized carbons (Fsp3) is 0.500. The first kappa shape index (κ1) is 14.0. The summed E-state index contributed by atoms with van der Waals surface area (Å²) in [7, 11) is 0. The summed E-state index contributed by atoms with van der Waals surface area (Å²) >= 11 is 12.0. The summed E-state index contributed by atoms with van der Waals surface area (Å²) in [6.07, 6.45) is 3.54. The lowest BCUT2D eigenvalue weighted by Crippen LogP contribution is -2.07. The van der Waals surface area contributed by atoms with Crippen molar-refractivity contribution in [3.05, 3.63) is 22.2 Å². The third-order valence-electron chi connectivity index (χ3n) is 3.54. The van der Waals surface area contributed by atoms with Crippen LogP contribution in [0.3, 0.4) is 0 Å². The van der Waals surface area contributed by atoms with Gasteiger partial charge in [0.15, 0.2) is 0 Å². The smallest absolute Gasteiger partial charge is 0.201 e. The number of nitrogens with two attached hydrogens (primary N) is 1. The van der Waals surface area contributed by atoms with Gasteiger partial charge in [-0.15, -0.1) is 0 Å². The summed E-state index contributed by atoms with van der Waals surface area (Å²) in [5.41, 5.74) is 7.64. The van der Waals surface area contributed by atoms with Gasteiger partial charge in [0.2, 0.25) is 5.95 Å². The van der Waals surface area contributed by atoms with Crippen LogP contribution in [0.5, 0.6) is 0 Å². The number of aryl methyl sites for hydroxylation is 1. The van der Waals surface area contributed by atoms with Crippen molar-refractivity contribution < 1.29 is 4.74 Å². The normalized spacial score (nSPS) is 15.1. The van der Waals surface area contributed by atoms with Gasteiger partial charge in [-0.1, -0.05) is 23.2 Å². The molecule has 0 saturated heterocycles. The average Bonchev–Trinajstić information content (AvgIpc) is 3.17. The van der Waals surface area contributed by atoms with E-state index in [9.17, 15) is 0 Å². The monoisotopic (exact) mass is 313 g/mol. The molecule has 0 amide bonds. The van der Waals surface area contributed by atoms with E-state index < -0.39 is 0 Å². The van der Waals surface area contributed by atoms with Crippen molar-refractivity contribution in [1.82, 2.24) is 9.55 Å². The van der Waals surface area contributed by atoms with Crippen LogP contribution in [0.4, 0.5) is 5.95 Å². The maximum atomic E-state index is 6.06. The number of anilines is 1. The van der Waals surface area contributed by atoms with Gasteiger partial charge in [-0.05, 0) is 37.3 Å². The lowest BCUT2D eigenvalue weighted by molar-refractivity contribution is 0.119. The van der Waals surface area contributed by atoms with E-state index in [1.807, 2.05) is 10.6 Å². The summed E-state index contributed by atoms with van der Waals surface area (Å²) in [4.78, 5) is 4.31. The molecule has 0 spiro atoms. The predicted octanol–water partition coefficient (Wildman–Crippen LogP) is 3.74. The maximum Gasteiger partial charge on any atom is 0.201 e. The Morgan fingerprint density at radius 1 is 1.30 bits per heavy atom. The first-order chi connectivity index (χ1) is 9.65. The zero-order valence-electron chi connectivity index (χ0n) is 11.1. The van der Waals surface area contributed by atoms with Gasteiger partial charge >= 0.3 is 0 Å². The molecule has 2 aromatic rings. The van der Waals surface area contributed by atoms with Crippen LogP contribution in [0.15, 0.2) is 12.1 Å². The zero-order chi connectivity index (χ0) is 14.1. The predicted molar refractivity (Wildman–Crippen MR) is 82.3 cm³/mol. The Hall–Kier alpha value is -0.970. The summed E-state index contributed by atoms with van der Waals surface area (Å²) in [5.74, 6) is 1.29. The molecule has 1 fully saturated rings. The van der Waals surface area contributed by atoms with Crippen LogP contribution < -0.4 is 5.73 Å². The van der Waals surface area contributed by atoms with E-state index in [1.54, 1.807) is 6.07 Å². The van der Waals surface area contributed by atoms with E-state index in [0.717, 1.165) is 43.1 Å². The molecule has 0 atom stereocenters. The number of hydrogen-bond acceptors (Lipinski definition) is 3. The third-order valence-corrected chi connectivity index (χ3v) is 4.26. The molecule has 0 bridgehead atoms. The van der Waals surface area contributed by atoms with Gasteiger partial charge in [-0.2, -0.15) is 0 Å². The highest BCUT2D eigenvalue weighted by atomic mass is 35.5. The molecule has 3 rings (SSSR count). The van der Waals surface area contributed by atoms with Gasteiger partial charge in [0.25, 0.3) is 0 Å². The minimum absolute atomic E-state index is 0.487. The van der Waals surface area contributed by atoms with E-state index in [1.165, 1.54) is 12.8 Å². The molecule has 6 heteroatoms. The van der Waals surface area contributed by atoms with E-state index >= 15 is 0 Å². The summed E-state index contributed by atoms with van der Waals surface area (Å²) in [6.45, 7) is 2.41. The molecule has 0 unspecified atom stereocenters. The molecule has 1 aromatic carbocycles. The van der Waals surface area contributed by atoms with Crippen molar-refractivity contribution >= 4 is 40.2 Å². The van der Waals surface area contributed by atoms with Crippen LogP contribution in [0.25, 0.3) is 11.0 Å². The molecular formula is C14H17Cl2N3O.